The lowest BCUT2D eigenvalue weighted by molar-refractivity contribution is -0.385. The number of hydrogen-bond donors (Lipinski definition) is 2. The van der Waals surface area contributed by atoms with Crippen molar-refractivity contribution >= 4 is 5.69 Å². The number of fused-ring (bicyclic) bond motifs is 1. The summed E-state index contributed by atoms with van der Waals surface area (Å²) < 4.78 is 12.5. The molecule has 0 spiro atoms. The Bertz CT molecular complexity index is 1270. The van der Waals surface area contributed by atoms with Crippen molar-refractivity contribution < 1.29 is 14.4 Å². The second-order valence-electron chi connectivity index (χ2n) is 7.66. The van der Waals surface area contributed by atoms with E-state index in [0.717, 1.165) is 22.4 Å². The number of H-pyrrole nitrogens is 1. The van der Waals surface area contributed by atoms with Gasteiger partial charge in [-0.3, -0.25) is 19.9 Å². The van der Waals surface area contributed by atoms with Gasteiger partial charge in [-0.05, 0) is 23.6 Å². The third-order valence-electron chi connectivity index (χ3n) is 5.35. The van der Waals surface area contributed by atoms with Crippen molar-refractivity contribution in [2.75, 3.05) is 7.11 Å². The maximum atomic E-state index is 11.0. The Morgan fingerprint density at radius 1 is 1.47 bits per heavy atom. The third-order valence-corrected chi connectivity index (χ3v) is 5.35. The van der Waals surface area contributed by atoms with Crippen molar-refractivity contribution in [2.24, 2.45) is 5.73 Å². The second kappa shape index (κ2) is 8.07. The Balaban J connectivity index is 1.82. The smallest absolute Gasteiger partial charge is 0.307 e. The van der Waals surface area contributed by atoms with E-state index < -0.39 is 10.8 Å². The Labute approximate surface area is 183 Å². The molecule has 3 heterocycles. The highest BCUT2D eigenvalue weighted by Gasteiger charge is 2.36. The lowest BCUT2D eigenvalue weighted by Gasteiger charge is -2.25. The summed E-state index contributed by atoms with van der Waals surface area (Å²) in [4.78, 5) is 10.5. The molecule has 32 heavy (non-hydrogen) atoms. The highest BCUT2D eigenvalue weighted by Crippen LogP contribution is 2.45. The van der Waals surface area contributed by atoms with E-state index in [1.54, 1.807) is 13.2 Å². The molecule has 1 aliphatic heterocycles. The second-order valence-corrected chi connectivity index (χ2v) is 7.66. The van der Waals surface area contributed by atoms with Crippen LogP contribution in [0.4, 0.5) is 5.69 Å². The molecule has 0 bridgehead atoms. The van der Waals surface area contributed by atoms with Crippen molar-refractivity contribution in [3.63, 3.8) is 0 Å². The zero-order chi connectivity index (χ0) is 23.0. The third kappa shape index (κ3) is 3.51. The number of methoxy groups -OCH3 is 1. The number of ether oxygens (including phenoxy) is 2. The molecule has 0 saturated carbocycles. The van der Waals surface area contributed by atoms with Gasteiger partial charge in [0.2, 0.25) is 11.8 Å². The highest BCUT2D eigenvalue weighted by molar-refractivity contribution is 5.57. The van der Waals surface area contributed by atoms with Gasteiger partial charge < -0.3 is 15.2 Å². The van der Waals surface area contributed by atoms with Gasteiger partial charge in [0.1, 0.15) is 29.8 Å². The van der Waals surface area contributed by atoms with Crippen LogP contribution in [0, 0.1) is 21.4 Å². The van der Waals surface area contributed by atoms with Gasteiger partial charge in [-0.2, -0.15) is 10.4 Å². The molecule has 0 aliphatic carbocycles. The molecule has 164 valence electrons. The molecular formula is C21H21N7O4. The monoisotopic (exact) mass is 435 g/mol. The quantitative estimate of drug-likeness (QED) is 0.442. The summed E-state index contributed by atoms with van der Waals surface area (Å²) in [6.07, 6.45) is 2.54. The van der Waals surface area contributed by atoms with Crippen molar-refractivity contribution in [3.05, 3.63) is 74.5 Å². The van der Waals surface area contributed by atoms with Crippen LogP contribution >= 0.6 is 0 Å². The predicted molar refractivity (Wildman–Crippen MR) is 113 cm³/mol. The van der Waals surface area contributed by atoms with Crippen LogP contribution in [0.25, 0.3) is 0 Å². The molecular weight excluding hydrogens is 414 g/mol. The van der Waals surface area contributed by atoms with Crippen molar-refractivity contribution in [1.29, 1.82) is 5.26 Å². The summed E-state index contributed by atoms with van der Waals surface area (Å²) in [5, 5.41) is 32.1. The van der Waals surface area contributed by atoms with Crippen LogP contribution in [0.1, 0.15) is 48.1 Å². The number of hydrogen-bond acceptors (Lipinski definition) is 8. The SMILES string of the molecule is COc1ccc(C2C(C#N)=C(N)Oc3n[nH]c(C(C)C)c32)cc1Cn1cc([N+](=O)[O-])cn1. The van der Waals surface area contributed by atoms with Gasteiger partial charge in [0, 0.05) is 11.3 Å². The van der Waals surface area contributed by atoms with E-state index >= 15 is 0 Å². The molecule has 0 saturated heterocycles. The lowest BCUT2D eigenvalue weighted by atomic mass is 9.82. The number of nitrogens with zero attached hydrogens (tertiary/aromatic N) is 5. The molecule has 3 N–H and O–H groups in total. The van der Waals surface area contributed by atoms with Gasteiger partial charge in [0.15, 0.2) is 0 Å². The Hall–Kier alpha value is -4.33. The van der Waals surface area contributed by atoms with Crippen molar-refractivity contribution in [3.8, 4) is 17.7 Å². The minimum atomic E-state index is -0.500. The Morgan fingerprint density at radius 2 is 2.25 bits per heavy atom. The predicted octanol–water partition coefficient (Wildman–Crippen LogP) is 2.91. The molecule has 1 atom stereocenters. The van der Waals surface area contributed by atoms with Crippen LogP contribution < -0.4 is 15.2 Å². The molecule has 0 fully saturated rings. The fraction of sp³-hybridized carbons (Fsp3) is 0.286. The molecule has 3 aromatic rings. The highest BCUT2D eigenvalue weighted by atomic mass is 16.6. The van der Waals surface area contributed by atoms with Crippen LogP contribution in [0.2, 0.25) is 0 Å². The average Bonchev–Trinajstić information content (AvgIpc) is 3.40. The van der Waals surface area contributed by atoms with Crippen LogP contribution in [-0.2, 0) is 6.54 Å². The van der Waals surface area contributed by atoms with E-state index in [9.17, 15) is 15.4 Å². The van der Waals surface area contributed by atoms with Crippen LogP contribution in [0.15, 0.2) is 42.0 Å². The van der Waals surface area contributed by atoms with Crippen molar-refractivity contribution in [2.45, 2.75) is 32.2 Å². The van der Waals surface area contributed by atoms with E-state index in [0.29, 0.717) is 11.6 Å². The summed E-state index contributed by atoms with van der Waals surface area (Å²) in [6, 6.07) is 7.71. The number of benzene rings is 1. The summed E-state index contributed by atoms with van der Waals surface area (Å²) >= 11 is 0. The fourth-order valence-corrected chi connectivity index (χ4v) is 3.85. The number of rotatable bonds is 6. The van der Waals surface area contributed by atoms with Gasteiger partial charge in [0.25, 0.3) is 0 Å². The molecule has 1 aromatic carbocycles. The summed E-state index contributed by atoms with van der Waals surface area (Å²) in [5.41, 5.74) is 9.37. The van der Waals surface area contributed by atoms with E-state index in [1.165, 1.54) is 17.1 Å². The van der Waals surface area contributed by atoms with Gasteiger partial charge in [-0.1, -0.05) is 19.9 Å². The number of nitro groups is 1. The van der Waals surface area contributed by atoms with E-state index in [-0.39, 0.29) is 29.6 Å². The molecule has 4 rings (SSSR count). The number of nitriles is 1. The minimum Gasteiger partial charge on any atom is -0.496 e. The average molecular weight is 435 g/mol. The molecule has 0 radical (unpaired) electrons. The van der Waals surface area contributed by atoms with Gasteiger partial charge in [-0.25, -0.2) is 0 Å². The summed E-state index contributed by atoms with van der Waals surface area (Å²) in [6.45, 7) is 4.27. The lowest BCUT2D eigenvalue weighted by Crippen LogP contribution is -2.21. The molecule has 1 aliphatic rings. The van der Waals surface area contributed by atoms with Gasteiger partial charge >= 0.3 is 5.69 Å². The van der Waals surface area contributed by atoms with Crippen LogP contribution in [-0.4, -0.2) is 32.0 Å². The number of aromatic nitrogens is 4. The standard InChI is InChI=1S/C21H21N7O4/c1-11(2)19-18-17(15(7-22)20(23)32-21(18)26-25-19)12-4-5-16(31-3)13(6-12)9-27-10-14(8-24-27)28(29)30/h4-6,8,10-11,17H,9,23H2,1-3H3,(H,25,26). The Morgan fingerprint density at radius 3 is 2.88 bits per heavy atom. The first-order chi connectivity index (χ1) is 15.3. The topological polar surface area (TPSA) is 158 Å². The Kier molecular flexibility index (Phi) is 5.28. The first-order valence-corrected chi connectivity index (χ1v) is 9.83. The maximum absolute atomic E-state index is 11.0. The first kappa shape index (κ1) is 20.9. The fourth-order valence-electron chi connectivity index (χ4n) is 3.85. The largest absolute Gasteiger partial charge is 0.496 e. The number of nitrogens with one attached hydrogen (secondary N) is 1. The number of allylic oxidation sites excluding steroid dienone is 1. The maximum Gasteiger partial charge on any atom is 0.307 e. The zero-order valence-corrected chi connectivity index (χ0v) is 17.7. The van der Waals surface area contributed by atoms with E-state index in [2.05, 4.69) is 21.4 Å². The molecule has 11 heteroatoms. The van der Waals surface area contributed by atoms with E-state index in [4.69, 9.17) is 15.2 Å². The molecule has 11 nitrogen and oxygen atoms in total. The molecule has 0 amide bonds. The van der Waals surface area contributed by atoms with Crippen molar-refractivity contribution in [1.82, 2.24) is 20.0 Å². The normalized spacial score (nSPS) is 15.3. The number of aromatic amines is 1. The van der Waals surface area contributed by atoms with Gasteiger partial charge in [-0.15, -0.1) is 5.10 Å². The van der Waals surface area contributed by atoms with Crippen LogP contribution in [0.3, 0.4) is 0 Å². The summed E-state index contributed by atoms with van der Waals surface area (Å²) in [5.74, 6) is 0.559. The number of nitrogens with two attached hydrogens (primary N) is 1. The molecule has 1 unspecified atom stereocenters. The van der Waals surface area contributed by atoms with E-state index in [1.807, 2.05) is 26.0 Å². The minimum absolute atomic E-state index is 0.00637. The molecule has 2 aromatic heterocycles. The summed E-state index contributed by atoms with van der Waals surface area (Å²) in [7, 11) is 1.54. The first-order valence-electron chi connectivity index (χ1n) is 9.83. The zero-order valence-electron chi connectivity index (χ0n) is 17.7. The van der Waals surface area contributed by atoms with Crippen LogP contribution in [0.5, 0.6) is 11.6 Å². The van der Waals surface area contributed by atoms with Gasteiger partial charge in [0.05, 0.1) is 30.1 Å².